The molecule has 0 spiro atoms. The Morgan fingerprint density at radius 2 is 2.21 bits per heavy atom. The van der Waals surface area contributed by atoms with Gasteiger partial charge in [-0.1, -0.05) is 13.8 Å². The predicted molar refractivity (Wildman–Crippen MR) is 54.3 cm³/mol. The molecule has 2 heterocycles. The molecule has 6 heteroatoms. The van der Waals surface area contributed by atoms with Gasteiger partial charge in [0.05, 0.1) is 17.6 Å². The number of anilines is 1. The topological polar surface area (TPSA) is 69.1 Å². The van der Waals surface area contributed by atoms with Gasteiger partial charge >= 0.3 is 0 Å². The average molecular weight is 212 g/mol. The summed E-state index contributed by atoms with van der Waals surface area (Å²) in [6, 6.07) is 0. The minimum atomic E-state index is 0.185. The average Bonchev–Trinajstić information content (AvgIpc) is 2.43. The molecular weight excluding hydrogens is 202 g/mol. The number of nitrogen functional groups attached to an aromatic ring is 1. The molecule has 0 aliphatic heterocycles. The van der Waals surface area contributed by atoms with Gasteiger partial charge in [0.15, 0.2) is 0 Å². The fourth-order valence-corrected chi connectivity index (χ4v) is 1.57. The van der Waals surface area contributed by atoms with Crippen LogP contribution in [-0.2, 0) is 0 Å². The van der Waals surface area contributed by atoms with Crippen molar-refractivity contribution in [3.63, 3.8) is 0 Å². The molecule has 2 N–H and O–H groups in total. The highest BCUT2D eigenvalue weighted by molar-refractivity contribution is 6.28. The Morgan fingerprint density at radius 3 is 2.86 bits per heavy atom. The van der Waals surface area contributed by atoms with E-state index in [1.54, 1.807) is 10.7 Å². The van der Waals surface area contributed by atoms with Crippen molar-refractivity contribution in [2.24, 2.45) is 0 Å². The lowest BCUT2D eigenvalue weighted by atomic mass is 10.1. The summed E-state index contributed by atoms with van der Waals surface area (Å²) < 4.78 is 1.59. The van der Waals surface area contributed by atoms with Gasteiger partial charge in [0.25, 0.3) is 5.78 Å². The summed E-state index contributed by atoms with van der Waals surface area (Å²) in [7, 11) is 0. The lowest BCUT2D eigenvalue weighted by molar-refractivity contribution is 0.753. The van der Waals surface area contributed by atoms with Crippen molar-refractivity contribution in [1.82, 2.24) is 19.6 Å². The number of nitrogens with zero attached hydrogens (tertiary/aromatic N) is 4. The van der Waals surface area contributed by atoms with Crippen molar-refractivity contribution in [3.8, 4) is 0 Å². The van der Waals surface area contributed by atoms with Crippen LogP contribution >= 0.6 is 11.6 Å². The highest BCUT2D eigenvalue weighted by Gasteiger charge is 2.13. The van der Waals surface area contributed by atoms with E-state index in [2.05, 4.69) is 15.1 Å². The van der Waals surface area contributed by atoms with E-state index in [0.717, 1.165) is 5.69 Å². The van der Waals surface area contributed by atoms with Crippen molar-refractivity contribution < 1.29 is 0 Å². The highest BCUT2D eigenvalue weighted by Crippen LogP contribution is 2.21. The molecule has 2 aromatic rings. The minimum absolute atomic E-state index is 0.185. The van der Waals surface area contributed by atoms with Gasteiger partial charge in [0.2, 0.25) is 5.28 Å². The fraction of sp³-hybridized carbons (Fsp3) is 0.375. The van der Waals surface area contributed by atoms with Gasteiger partial charge in [-0.15, -0.1) is 5.10 Å². The first kappa shape index (κ1) is 9.21. The standard InChI is InChI=1S/C8H10ClN5/c1-4(2)6-5(10)3-11-8-12-7(9)13-14(6)8/h3-4H,10H2,1-2H3. The van der Waals surface area contributed by atoms with Gasteiger partial charge < -0.3 is 5.73 Å². The summed E-state index contributed by atoms with van der Waals surface area (Å²) in [4.78, 5) is 7.97. The number of halogens is 1. The molecule has 0 bridgehead atoms. The quantitative estimate of drug-likeness (QED) is 0.776. The summed E-state index contributed by atoms with van der Waals surface area (Å²) in [6.45, 7) is 4.06. The molecule has 0 fully saturated rings. The zero-order valence-corrected chi connectivity index (χ0v) is 8.65. The Kier molecular flexibility index (Phi) is 2.03. The Balaban J connectivity index is 2.82. The van der Waals surface area contributed by atoms with Crippen LogP contribution in [0.25, 0.3) is 5.78 Å². The van der Waals surface area contributed by atoms with Gasteiger partial charge in [0, 0.05) is 0 Å². The summed E-state index contributed by atoms with van der Waals surface area (Å²) >= 11 is 5.69. The predicted octanol–water partition coefficient (Wildman–Crippen LogP) is 1.48. The molecule has 0 aliphatic carbocycles. The van der Waals surface area contributed by atoms with Gasteiger partial charge in [-0.2, -0.15) is 9.50 Å². The van der Waals surface area contributed by atoms with Gasteiger partial charge in [-0.05, 0) is 17.5 Å². The van der Waals surface area contributed by atoms with E-state index in [1.165, 1.54) is 0 Å². The molecular formula is C8H10ClN5. The third-order valence-electron chi connectivity index (χ3n) is 1.95. The second-order valence-corrected chi connectivity index (χ2v) is 3.68. The van der Waals surface area contributed by atoms with Crippen molar-refractivity contribution >= 4 is 23.1 Å². The van der Waals surface area contributed by atoms with E-state index >= 15 is 0 Å². The van der Waals surface area contributed by atoms with Gasteiger partial charge in [-0.25, -0.2) is 4.98 Å². The maximum Gasteiger partial charge on any atom is 0.253 e. The third kappa shape index (κ3) is 1.29. The SMILES string of the molecule is CC(C)c1c(N)cnc2nc(Cl)nn12. The molecule has 2 rings (SSSR count). The summed E-state index contributed by atoms with van der Waals surface area (Å²) in [5, 5.41) is 4.21. The van der Waals surface area contributed by atoms with Crippen LogP contribution in [0.1, 0.15) is 25.5 Å². The maximum absolute atomic E-state index is 5.80. The van der Waals surface area contributed by atoms with E-state index in [0.29, 0.717) is 11.5 Å². The molecule has 5 nitrogen and oxygen atoms in total. The van der Waals surface area contributed by atoms with E-state index < -0.39 is 0 Å². The molecule has 14 heavy (non-hydrogen) atoms. The van der Waals surface area contributed by atoms with Crippen LogP contribution in [0.2, 0.25) is 5.28 Å². The van der Waals surface area contributed by atoms with Crippen LogP contribution in [0.5, 0.6) is 0 Å². The van der Waals surface area contributed by atoms with Crippen LogP contribution in [0.3, 0.4) is 0 Å². The third-order valence-corrected chi connectivity index (χ3v) is 2.11. The normalized spacial score (nSPS) is 11.4. The smallest absolute Gasteiger partial charge is 0.253 e. The van der Waals surface area contributed by atoms with E-state index in [-0.39, 0.29) is 11.2 Å². The Hall–Kier alpha value is -1.36. The van der Waals surface area contributed by atoms with Crippen LogP contribution in [0.15, 0.2) is 6.20 Å². The molecule has 0 radical (unpaired) electrons. The molecule has 2 aromatic heterocycles. The summed E-state index contributed by atoms with van der Waals surface area (Å²) in [5.74, 6) is 0.728. The van der Waals surface area contributed by atoms with Crippen molar-refractivity contribution in [3.05, 3.63) is 17.2 Å². The van der Waals surface area contributed by atoms with Crippen LogP contribution in [-0.4, -0.2) is 19.6 Å². The molecule has 0 saturated heterocycles. The molecule has 0 saturated carbocycles. The van der Waals surface area contributed by atoms with Crippen molar-refractivity contribution in [2.75, 3.05) is 5.73 Å². The second-order valence-electron chi connectivity index (χ2n) is 3.35. The molecule has 74 valence electrons. The van der Waals surface area contributed by atoms with Crippen LogP contribution < -0.4 is 5.73 Å². The number of nitrogens with two attached hydrogens (primary N) is 1. The summed E-state index contributed by atoms with van der Waals surface area (Å²) in [6.07, 6.45) is 1.58. The lowest BCUT2D eigenvalue weighted by Gasteiger charge is -2.09. The van der Waals surface area contributed by atoms with E-state index in [4.69, 9.17) is 17.3 Å². The monoisotopic (exact) mass is 211 g/mol. The maximum atomic E-state index is 5.80. The zero-order valence-electron chi connectivity index (χ0n) is 7.90. The Bertz CT molecular complexity index is 476. The summed E-state index contributed by atoms with van der Waals surface area (Å²) in [5.41, 5.74) is 7.29. The second kappa shape index (κ2) is 3.09. The number of hydrogen-bond donors (Lipinski definition) is 1. The number of hydrogen-bond acceptors (Lipinski definition) is 4. The van der Waals surface area contributed by atoms with Gasteiger partial charge in [-0.3, -0.25) is 0 Å². The van der Waals surface area contributed by atoms with Crippen LogP contribution in [0.4, 0.5) is 5.69 Å². The van der Waals surface area contributed by atoms with E-state index in [9.17, 15) is 0 Å². The zero-order chi connectivity index (χ0) is 10.3. The number of aromatic nitrogens is 4. The van der Waals surface area contributed by atoms with Crippen molar-refractivity contribution in [2.45, 2.75) is 19.8 Å². The molecule has 0 unspecified atom stereocenters. The van der Waals surface area contributed by atoms with Gasteiger partial charge in [0.1, 0.15) is 0 Å². The first-order chi connectivity index (χ1) is 6.59. The Labute approximate surface area is 85.9 Å². The largest absolute Gasteiger partial charge is 0.396 e. The first-order valence-electron chi connectivity index (χ1n) is 4.26. The highest BCUT2D eigenvalue weighted by atomic mass is 35.5. The molecule has 0 amide bonds. The Morgan fingerprint density at radius 1 is 1.50 bits per heavy atom. The lowest BCUT2D eigenvalue weighted by Crippen LogP contribution is -2.07. The van der Waals surface area contributed by atoms with Crippen LogP contribution in [0, 0.1) is 0 Å². The van der Waals surface area contributed by atoms with Crippen molar-refractivity contribution in [1.29, 1.82) is 0 Å². The fourth-order valence-electron chi connectivity index (χ4n) is 1.42. The minimum Gasteiger partial charge on any atom is -0.396 e. The molecule has 0 atom stereocenters. The molecule has 0 aromatic carbocycles. The number of rotatable bonds is 1. The number of fused-ring (bicyclic) bond motifs is 1. The molecule has 0 aliphatic rings. The first-order valence-corrected chi connectivity index (χ1v) is 4.64. The van der Waals surface area contributed by atoms with E-state index in [1.807, 2.05) is 13.8 Å².